The molecule has 0 spiro atoms. The van der Waals surface area contributed by atoms with Crippen molar-refractivity contribution in [3.05, 3.63) is 50.6 Å². The van der Waals surface area contributed by atoms with Gasteiger partial charge in [0.05, 0.1) is 7.11 Å². The fraction of sp³-hybridized carbons (Fsp3) is 0.286. The van der Waals surface area contributed by atoms with Crippen molar-refractivity contribution >= 4 is 18.1 Å². The lowest BCUT2D eigenvalue weighted by atomic mass is 10.2. The summed E-state index contributed by atoms with van der Waals surface area (Å²) in [5, 5.41) is 9.11. The zero-order valence-corrected chi connectivity index (χ0v) is 12.8. The van der Waals surface area contributed by atoms with Gasteiger partial charge in [0, 0.05) is 24.9 Å². The summed E-state index contributed by atoms with van der Waals surface area (Å²) < 4.78 is 5.37. The molecular formula is C14H16N4O3S. The molecule has 22 heavy (non-hydrogen) atoms. The molecule has 8 heteroatoms. The number of para-hydroxylation sites is 1. The average Bonchev–Trinajstić information content (AvgIpc) is 2.52. The smallest absolute Gasteiger partial charge is 0.273 e. The number of aromatic nitrogens is 3. The van der Waals surface area contributed by atoms with E-state index >= 15 is 0 Å². The lowest BCUT2D eigenvalue weighted by Crippen LogP contribution is -2.25. The van der Waals surface area contributed by atoms with Crippen molar-refractivity contribution in [2.75, 3.05) is 7.11 Å². The first-order valence-electron chi connectivity index (χ1n) is 6.66. The zero-order valence-electron chi connectivity index (χ0n) is 12.0. The van der Waals surface area contributed by atoms with E-state index in [0.29, 0.717) is 6.54 Å². The maximum absolute atomic E-state index is 11.8. The van der Waals surface area contributed by atoms with Crippen LogP contribution in [0.25, 0.3) is 0 Å². The molecule has 1 amide bonds. The van der Waals surface area contributed by atoms with Gasteiger partial charge in [0.1, 0.15) is 11.4 Å². The third kappa shape index (κ3) is 4.26. The lowest BCUT2D eigenvalue weighted by Gasteiger charge is -2.09. The molecule has 0 unspecified atom stereocenters. The molecule has 116 valence electrons. The zero-order chi connectivity index (χ0) is 15.9. The van der Waals surface area contributed by atoms with E-state index in [1.54, 1.807) is 7.11 Å². The van der Waals surface area contributed by atoms with Crippen molar-refractivity contribution in [1.82, 2.24) is 20.5 Å². The van der Waals surface area contributed by atoms with Crippen LogP contribution < -0.4 is 15.6 Å². The van der Waals surface area contributed by atoms with Gasteiger partial charge < -0.3 is 10.1 Å². The van der Waals surface area contributed by atoms with Crippen LogP contribution in [-0.4, -0.2) is 28.2 Å². The second-order valence-corrected chi connectivity index (χ2v) is 4.95. The Kier molecular flexibility index (Phi) is 5.42. The van der Waals surface area contributed by atoms with E-state index in [1.165, 1.54) is 0 Å². The van der Waals surface area contributed by atoms with Crippen LogP contribution in [-0.2, 0) is 17.8 Å². The summed E-state index contributed by atoms with van der Waals surface area (Å²) in [7, 11) is 1.58. The van der Waals surface area contributed by atoms with Gasteiger partial charge in [-0.2, -0.15) is 5.10 Å². The molecule has 3 N–H and O–H groups in total. The molecule has 0 saturated heterocycles. The van der Waals surface area contributed by atoms with Crippen molar-refractivity contribution in [3.8, 4) is 5.75 Å². The molecule has 0 atom stereocenters. The van der Waals surface area contributed by atoms with E-state index in [1.807, 2.05) is 24.3 Å². The normalized spacial score (nSPS) is 10.2. The van der Waals surface area contributed by atoms with Crippen LogP contribution in [0.3, 0.4) is 0 Å². The molecule has 1 aromatic heterocycles. The van der Waals surface area contributed by atoms with E-state index in [9.17, 15) is 9.59 Å². The third-order valence-electron chi connectivity index (χ3n) is 3.04. The highest BCUT2D eigenvalue weighted by Crippen LogP contribution is 2.16. The number of aryl methyl sites for hydroxylation is 1. The Morgan fingerprint density at radius 1 is 1.41 bits per heavy atom. The summed E-state index contributed by atoms with van der Waals surface area (Å²) in [4.78, 5) is 25.8. The molecule has 0 bridgehead atoms. The number of ether oxygens (including phenoxy) is 1. The molecule has 0 saturated carbocycles. The van der Waals surface area contributed by atoms with Crippen LogP contribution in [0.15, 0.2) is 29.1 Å². The van der Waals surface area contributed by atoms with Crippen LogP contribution in [0.5, 0.6) is 5.75 Å². The summed E-state index contributed by atoms with van der Waals surface area (Å²) in [6.45, 7) is 0.365. The highest BCUT2D eigenvalue weighted by Gasteiger charge is 2.08. The van der Waals surface area contributed by atoms with Gasteiger partial charge in [-0.25, -0.2) is 0 Å². The molecule has 0 radical (unpaired) electrons. The first kappa shape index (κ1) is 15.9. The van der Waals surface area contributed by atoms with E-state index in [0.717, 1.165) is 11.3 Å². The Morgan fingerprint density at radius 3 is 2.91 bits per heavy atom. The second-order valence-electron chi connectivity index (χ2n) is 4.54. The average molecular weight is 320 g/mol. The summed E-state index contributed by atoms with van der Waals surface area (Å²) in [5.41, 5.74) is 0.764. The minimum atomic E-state index is -0.374. The van der Waals surface area contributed by atoms with Crippen LogP contribution in [0, 0.1) is 4.77 Å². The molecule has 7 nitrogen and oxygen atoms in total. The highest BCUT2D eigenvalue weighted by molar-refractivity contribution is 7.71. The summed E-state index contributed by atoms with van der Waals surface area (Å²) in [6, 6.07) is 7.45. The monoisotopic (exact) mass is 320 g/mol. The third-order valence-corrected chi connectivity index (χ3v) is 3.23. The number of benzene rings is 1. The SMILES string of the molecule is COc1ccccc1CNC(=O)CCc1n[nH]c(=S)[nH]c1=O. The molecule has 2 rings (SSSR count). The number of rotatable bonds is 6. The topological polar surface area (TPSA) is 99.9 Å². The quantitative estimate of drug-likeness (QED) is 0.692. The Hall–Kier alpha value is -2.48. The maximum Gasteiger partial charge on any atom is 0.273 e. The standard InChI is InChI=1S/C14H16N4O3S/c1-21-11-5-3-2-4-9(11)8-15-12(19)7-6-10-13(20)16-14(22)18-17-10/h2-5H,6-8H2,1H3,(H,15,19)(H2,16,18,20,22). The number of amides is 1. The molecule has 0 aliphatic rings. The number of methoxy groups -OCH3 is 1. The second kappa shape index (κ2) is 7.51. The number of hydrogen-bond acceptors (Lipinski definition) is 5. The van der Waals surface area contributed by atoms with E-state index in [2.05, 4.69) is 20.5 Å². The highest BCUT2D eigenvalue weighted by atomic mass is 32.1. The first-order chi connectivity index (χ1) is 10.6. The Bertz CT molecular complexity index is 769. The Balaban J connectivity index is 1.88. The number of aromatic amines is 2. The van der Waals surface area contributed by atoms with Crippen molar-refractivity contribution < 1.29 is 9.53 Å². The van der Waals surface area contributed by atoms with Crippen molar-refractivity contribution in [3.63, 3.8) is 0 Å². The molecule has 0 aliphatic carbocycles. The molecular weight excluding hydrogens is 304 g/mol. The predicted molar refractivity (Wildman–Crippen MR) is 83.2 cm³/mol. The Morgan fingerprint density at radius 2 is 2.18 bits per heavy atom. The molecule has 2 aromatic rings. The van der Waals surface area contributed by atoms with Crippen LogP contribution in [0.1, 0.15) is 17.7 Å². The molecule has 1 heterocycles. The van der Waals surface area contributed by atoms with Crippen molar-refractivity contribution in [2.24, 2.45) is 0 Å². The van der Waals surface area contributed by atoms with Gasteiger partial charge in [-0.15, -0.1) is 0 Å². The van der Waals surface area contributed by atoms with Gasteiger partial charge in [0.15, 0.2) is 4.77 Å². The van der Waals surface area contributed by atoms with Crippen LogP contribution in [0.4, 0.5) is 0 Å². The van der Waals surface area contributed by atoms with E-state index in [-0.39, 0.29) is 34.8 Å². The number of H-pyrrole nitrogens is 2. The number of nitrogens with one attached hydrogen (secondary N) is 3. The van der Waals surface area contributed by atoms with Gasteiger partial charge >= 0.3 is 0 Å². The molecule has 0 fully saturated rings. The number of hydrogen-bond donors (Lipinski definition) is 3. The van der Waals surface area contributed by atoms with Gasteiger partial charge in [-0.3, -0.25) is 19.7 Å². The molecule has 1 aromatic carbocycles. The lowest BCUT2D eigenvalue weighted by molar-refractivity contribution is -0.121. The van der Waals surface area contributed by atoms with Crippen LogP contribution >= 0.6 is 12.2 Å². The maximum atomic E-state index is 11.8. The number of carbonyl (C=O) groups is 1. The van der Waals surface area contributed by atoms with Crippen molar-refractivity contribution in [2.45, 2.75) is 19.4 Å². The van der Waals surface area contributed by atoms with Crippen molar-refractivity contribution in [1.29, 1.82) is 0 Å². The number of nitrogens with zero attached hydrogens (tertiary/aromatic N) is 1. The van der Waals surface area contributed by atoms with Gasteiger partial charge in [0.25, 0.3) is 5.56 Å². The van der Waals surface area contributed by atoms with Crippen LogP contribution in [0.2, 0.25) is 0 Å². The largest absolute Gasteiger partial charge is 0.496 e. The fourth-order valence-electron chi connectivity index (χ4n) is 1.90. The summed E-state index contributed by atoms with van der Waals surface area (Å²) in [6.07, 6.45) is 0.398. The van der Waals surface area contributed by atoms with Gasteiger partial charge in [0.2, 0.25) is 5.91 Å². The summed E-state index contributed by atoms with van der Waals surface area (Å²) >= 11 is 4.75. The fourth-order valence-corrected chi connectivity index (χ4v) is 2.04. The van der Waals surface area contributed by atoms with E-state index < -0.39 is 0 Å². The Labute approximate surface area is 131 Å². The minimum absolute atomic E-state index is 0.161. The molecule has 0 aliphatic heterocycles. The van der Waals surface area contributed by atoms with Gasteiger partial charge in [-0.1, -0.05) is 18.2 Å². The first-order valence-corrected chi connectivity index (χ1v) is 7.07. The predicted octanol–water partition coefficient (Wildman–Crippen LogP) is 1.09. The van der Waals surface area contributed by atoms with Gasteiger partial charge in [-0.05, 0) is 18.3 Å². The minimum Gasteiger partial charge on any atom is -0.496 e. The number of carbonyl (C=O) groups excluding carboxylic acids is 1. The van der Waals surface area contributed by atoms with E-state index in [4.69, 9.17) is 17.0 Å². The summed E-state index contributed by atoms with van der Waals surface area (Å²) in [5.74, 6) is 0.547.